The minimum Gasteiger partial charge on any atom is -0.478 e. The number of carboxylic acid groups (broad SMARTS) is 1. The van der Waals surface area contributed by atoms with E-state index in [0.29, 0.717) is 5.56 Å². The first kappa shape index (κ1) is 10.7. The summed E-state index contributed by atoms with van der Waals surface area (Å²) in [6, 6.07) is 4.02. The number of rotatable bonds is 1. The number of benzene rings is 1. The summed E-state index contributed by atoms with van der Waals surface area (Å²) in [5.41, 5.74) is 4.45. The molecule has 1 aromatic heterocycles. The topological polar surface area (TPSA) is 42.2 Å². The number of nitrogens with zero attached hydrogens (tertiary/aromatic N) is 1. The van der Waals surface area contributed by atoms with Crippen LogP contribution in [0.15, 0.2) is 12.1 Å². The second-order valence-electron chi connectivity index (χ2n) is 4.30. The minimum atomic E-state index is -0.854. The molecule has 0 saturated carbocycles. The van der Waals surface area contributed by atoms with Crippen molar-refractivity contribution in [2.24, 2.45) is 7.05 Å². The average molecular weight is 217 g/mol. The van der Waals surface area contributed by atoms with E-state index in [1.807, 2.05) is 38.5 Å². The van der Waals surface area contributed by atoms with Crippen molar-refractivity contribution < 1.29 is 9.90 Å². The van der Waals surface area contributed by atoms with Crippen LogP contribution in [0.1, 0.15) is 27.2 Å². The Labute approximate surface area is 94.3 Å². The summed E-state index contributed by atoms with van der Waals surface area (Å²) in [4.78, 5) is 11.3. The summed E-state index contributed by atoms with van der Waals surface area (Å²) < 4.78 is 1.95. The number of aromatic carboxylic acids is 1. The van der Waals surface area contributed by atoms with Crippen molar-refractivity contribution >= 4 is 16.9 Å². The third kappa shape index (κ3) is 1.32. The first-order valence-electron chi connectivity index (χ1n) is 5.23. The fraction of sp³-hybridized carbons (Fsp3) is 0.308. The molecule has 2 aromatic rings. The zero-order valence-electron chi connectivity index (χ0n) is 9.96. The minimum absolute atomic E-state index is 0.421. The second-order valence-corrected chi connectivity index (χ2v) is 4.30. The molecule has 1 heterocycles. The van der Waals surface area contributed by atoms with E-state index in [1.54, 1.807) is 0 Å². The molecule has 0 atom stereocenters. The molecule has 0 unspecified atom stereocenters. The Morgan fingerprint density at radius 1 is 1.25 bits per heavy atom. The van der Waals surface area contributed by atoms with E-state index in [1.165, 1.54) is 0 Å². The predicted octanol–water partition coefficient (Wildman–Crippen LogP) is 2.80. The second kappa shape index (κ2) is 3.37. The van der Waals surface area contributed by atoms with Crippen molar-refractivity contribution in [1.29, 1.82) is 0 Å². The van der Waals surface area contributed by atoms with E-state index < -0.39 is 5.97 Å². The summed E-state index contributed by atoms with van der Waals surface area (Å²) >= 11 is 0. The summed E-state index contributed by atoms with van der Waals surface area (Å²) in [6.07, 6.45) is 0. The number of aryl methyl sites for hydroxylation is 3. The molecule has 0 saturated heterocycles. The van der Waals surface area contributed by atoms with E-state index in [0.717, 1.165) is 27.7 Å². The average Bonchev–Trinajstić information content (AvgIpc) is 2.38. The highest BCUT2D eigenvalue weighted by Gasteiger charge is 2.18. The number of fused-ring (bicyclic) bond motifs is 1. The van der Waals surface area contributed by atoms with Gasteiger partial charge in [0.2, 0.25) is 0 Å². The first-order valence-corrected chi connectivity index (χ1v) is 5.23. The summed E-state index contributed by atoms with van der Waals surface area (Å²) in [7, 11) is 1.91. The Morgan fingerprint density at radius 2 is 1.88 bits per heavy atom. The van der Waals surface area contributed by atoms with E-state index >= 15 is 0 Å². The molecule has 0 spiro atoms. The lowest BCUT2D eigenvalue weighted by atomic mass is 10.1. The predicted molar refractivity (Wildman–Crippen MR) is 64.1 cm³/mol. The van der Waals surface area contributed by atoms with Crippen molar-refractivity contribution in [3.63, 3.8) is 0 Å². The number of hydrogen-bond donors (Lipinski definition) is 1. The SMILES string of the molecule is Cc1cc(C)c2c(c1)c(C(=O)O)c(C)n2C. The van der Waals surface area contributed by atoms with E-state index in [9.17, 15) is 9.90 Å². The normalized spacial score (nSPS) is 11.0. The fourth-order valence-corrected chi connectivity index (χ4v) is 2.40. The van der Waals surface area contributed by atoms with Crippen LogP contribution < -0.4 is 0 Å². The van der Waals surface area contributed by atoms with Crippen LogP contribution in [0.3, 0.4) is 0 Å². The van der Waals surface area contributed by atoms with Gasteiger partial charge in [-0.1, -0.05) is 11.6 Å². The lowest BCUT2D eigenvalue weighted by Crippen LogP contribution is -1.99. The van der Waals surface area contributed by atoms with Crippen molar-refractivity contribution in [2.45, 2.75) is 20.8 Å². The number of hydrogen-bond acceptors (Lipinski definition) is 1. The van der Waals surface area contributed by atoms with Gasteiger partial charge in [-0.3, -0.25) is 0 Å². The van der Waals surface area contributed by atoms with Gasteiger partial charge in [0.1, 0.15) is 0 Å². The molecule has 3 heteroatoms. The largest absolute Gasteiger partial charge is 0.478 e. The molecule has 2 rings (SSSR count). The van der Waals surface area contributed by atoms with Gasteiger partial charge in [0.15, 0.2) is 0 Å². The maximum Gasteiger partial charge on any atom is 0.338 e. The van der Waals surface area contributed by atoms with Crippen molar-refractivity contribution in [3.05, 3.63) is 34.5 Å². The monoisotopic (exact) mass is 217 g/mol. The Kier molecular flexibility index (Phi) is 2.26. The van der Waals surface area contributed by atoms with Crippen LogP contribution in [0, 0.1) is 20.8 Å². The summed E-state index contributed by atoms with van der Waals surface area (Å²) in [5.74, 6) is -0.854. The van der Waals surface area contributed by atoms with Crippen molar-refractivity contribution in [3.8, 4) is 0 Å². The maximum absolute atomic E-state index is 11.3. The van der Waals surface area contributed by atoms with Gasteiger partial charge in [-0.25, -0.2) is 4.79 Å². The molecule has 0 bridgehead atoms. The first-order chi connectivity index (χ1) is 7.43. The standard InChI is InChI=1S/C13H15NO2/c1-7-5-8(2)12-10(6-7)11(13(15)16)9(3)14(12)4/h5-6H,1-4H3,(H,15,16). The van der Waals surface area contributed by atoms with Crippen LogP contribution in [0.5, 0.6) is 0 Å². The molecule has 0 aliphatic carbocycles. The maximum atomic E-state index is 11.3. The Balaban J connectivity index is 3.02. The lowest BCUT2D eigenvalue weighted by Gasteiger charge is -2.03. The summed E-state index contributed by atoms with van der Waals surface area (Å²) in [5, 5.41) is 10.1. The highest BCUT2D eigenvalue weighted by atomic mass is 16.4. The molecule has 1 aromatic carbocycles. The summed E-state index contributed by atoms with van der Waals surface area (Å²) in [6.45, 7) is 5.85. The van der Waals surface area contributed by atoms with Crippen LogP contribution in [0.25, 0.3) is 10.9 Å². The van der Waals surface area contributed by atoms with E-state index in [2.05, 4.69) is 6.07 Å². The zero-order chi connectivity index (χ0) is 12.0. The Bertz CT molecular complexity index is 594. The third-order valence-corrected chi connectivity index (χ3v) is 3.13. The molecule has 0 fully saturated rings. The van der Waals surface area contributed by atoms with Gasteiger partial charge >= 0.3 is 5.97 Å². The van der Waals surface area contributed by atoms with Crippen molar-refractivity contribution in [2.75, 3.05) is 0 Å². The molecule has 0 amide bonds. The molecule has 1 N–H and O–H groups in total. The van der Waals surface area contributed by atoms with Crippen LogP contribution in [-0.4, -0.2) is 15.6 Å². The Morgan fingerprint density at radius 3 is 2.44 bits per heavy atom. The van der Waals surface area contributed by atoms with Crippen LogP contribution in [-0.2, 0) is 7.05 Å². The fourth-order valence-electron chi connectivity index (χ4n) is 2.40. The molecule has 0 radical (unpaired) electrons. The molecule has 3 nitrogen and oxygen atoms in total. The molecule has 0 aliphatic heterocycles. The van der Waals surface area contributed by atoms with Crippen LogP contribution >= 0.6 is 0 Å². The van der Waals surface area contributed by atoms with Crippen LogP contribution in [0.4, 0.5) is 0 Å². The number of carboxylic acids is 1. The van der Waals surface area contributed by atoms with Gasteiger partial charge in [-0.2, -0.15) is 0 Å². The molecule has 84 valence electrons. The molecule has 0 aliphatic rings. The van der Waals surface area contributed by atoms with Gasteiger partial charge in [-0.05, 0) is 32.4 Å². The Hall–Kier alpha value is -1.77. The third-order valence-electron chi connectivity index (χ3n) is 3.13. The van der Waals surface area contributed by atoms with Gasteiger partial charge in [0, 0.05) is 18.1 Å². The van der Waals surface area contributed by atoms with E-state index in [-0.39, 0.29) is 0 Å². The number of aromatic nitrogens is 1. The highest BCUT2D eigenvalue weighted by molar-refractivity contribution is 6.06. The molecular formula is C13H15NO2. The van der Waals surface area contributed by atoms with Crippen LogP contribution in [0.2, 0.25) is 0 Å². The van der Waals surface area contributed by atoms with Crippen molar-refractivity contribution in [1.82, 2.24) is 4.57 Å². The smallest absolute Gasteiger partial charge is 0.338 e. The lowest BCUT2D eigenvalue weighted by molar-refractivity contribution is 0.0698. The quantitative estimate of drug-likeness (QED) is 0.798. The highest BCUT2D eigenvalue weighted by Crippen LogP contribution is 2.28. The van der Waals surface area contributed by atoms with Gasteiger partial charge in [0.05, 0.1) is 11.1 Å². The van der Waals surface area contributed by atoms with Gasteiger partial charge in [0.25, 0.3) is 0 Å². The van der Waals surface area contributed by atoms with Gasteiger partial charge in [-0.15, -0.1) is 0 Å². The zero-order valence-corrected chi connectivity index (χ0v) is 9.96. The van der Waals surface area contributed by atoms with E-state index in [4.69, 9.17) is 0 Å². The number of carbonyl (C=O) groups is 1. The molecule has 16 heavy (non-hydrogen) atoms. The van der Waals surface area contributed by atoms with Gasteiger partial charge < -0.3 is 9.67 Å². The molecular weight excluding hydrogens is 202 g/mol.